The van der Waals surface area contributed by atoms with E-state index < -0.39 is 29.6 Å². The van der Waals surface area contributed by atoms with Crippen LogP contribution in [0.2, 0.25) is 0 Å². The standard InChI is InChI=1S/C16H23N3O5/c1-24-13(21)7-18-14(22)12-4-11(20)6-19(12)16(15(18)23)8-17(9-16)5-10-2-3-10/h10-12,20H,2-9H2,1H3/t11-,12+/m1/s1. The van der Waals surface area contributed by atoms with Crippen molar-refractivity contribution < 1.29 is 24.2 Å². The minimum atomic E-state index is -0.779. The van der Waals surface area contributed by atoms with Crippen LogP contribution < -0.4 is 0 Å². The van der Waals surface area contributed by atoms with Crippen molar-refractivity contribution in [2.45, 2.75) is 36.9 Å². The lowest BCUT2D eigenvalue weighted by molar-refractivity contribution is -0.182. The second-order valence-electron chi connectivity index (χ2n) is 7.51. The first-order valence-electron chi connectivity index (χ1n) is 8.54. The molecule has 8 heteroatoms. The van der Waals surface area contributed by atoms with Crippen molar-refractivity contribution in [2.75, 3.05) is 39.8 Å². The van der Waals surface area contributed by atoms with Crippen LogP contribution in [0, 0.1) is 5.92 Å². The highest BCUT2D eigenvalue weighted by Gasteiger charge is 2.64. The molecule has 132 valence electrons. The molecule has 0 aromatic rings. The van der Waals surface area contributed by atoms with Crippen LogP contribution in [0.25, 0.3) is 0 Å². The van der Waals surface area contributed by atoms with Gasteiger partial charge < -0.3 is 9.84 Å². The molecule has 1 N–H and O–H groups in total. The van der Waals surface area contributed by atoms with Crippen LogP contribution in [0.5, 0.6) is 0 Å². The number of amides is 2. The van der Waals surface area contributed by atoms with Crippen LogP contribution in [0.4, 0.5) is 0 Å². The third-order valence-electron chi connectivity index (χ3n) is 5.72. The van der Waals surface area contributed by atoms with E-state index in [0.717, 1.165) is 17.4 Å². The van der Waals surface area contributed by atoms with E-state index in [1.54, 1.807) is 0 Å². The molecule has 2 amide bonds. The van der Waals surface area contributed by atoms with Gasteiger partial charge >= 0.3 is 5.97 Å². The molecule has 1 saturated carbocycles. The number of rotatable bonds is 4. The van der Waals surface area contributed by atoms with Crippen molar-refractivity contribution in [3.63, 3.8) is 0 Å². The van der Waals surface area contributed by atoms with Gasteiger partial charge in [0, 0.05) is 26.2 Å². The van der Waals surface area contributed by atoms with Gasteiger partial charge in [-0.05, 0) is 25.2 Å². The van der Waals surface area contributed by atoms with E-state index in [9.17, 15) is 19.5 Å². The fourth-order valence-corrected chi connectivity index (χ4v) is 4.32. The summed E-state index contributed by atoms with van der Waals surface area (Å²) >= 11 is 0. The van der Waals surface area contributed by atoms with E-state index in [1.165, 1.54) is 20.0 Å². The third-order valence-corrected chi connectivity index (χ3v) is 5.72. The molecule has 24 heavy (non-hydrogen) atoms. The maximum Gasteiger partial charge on any atom is 0.325 e. The Bertz CT molecular complexity index is 584. The van der Waals surface area contributed by atoms with Gasteiger partial charge in [-0.25, -0.2) is 0 Å². The van der Waals surface area contributed by atoms with Gasteiger partial charge in [0.15, 0.2) is 0 Å². The van der Waals surface area contributed by atoms with E-state index in [1.807, 2.05) is 4.90 Å². The van der Waals surface area contributed by atoms with Crippen molar-refractivity contribution >= 4 is 17.8 Å². The van der Waals surface area contributed by atoms with E-state index in [4.69, 9.17) is 0 Å². The summed E-state index contributed by atoms with van der Waals surface area (Å²) in [5.41, 5.74) is -0.779. The highest BCUT2D eigenvalue weighted by molar-refractivity contribution is 6.07. The molecule has 1 spiro atoms. The first-order valence-corrected chi connectivity index (χ1v) is 8.54. The first-order chi connectivity index (χ1) is 11.4. The normalized spacial score (nSPS) is 32.8. The Labute approximate surface area is 140 Å². The number of piperazine rings is 1. The Balaban J connectivity index is 1.57. The third kappa shape index (κ3) is 2.35. The molecule has 8 nitrogen and oxygen atoms in total. The van der Waals surface area contributed by atoms with Crippen molar-refractivity contribution in [2.24, 2.45) is 5.92 Å². The summed E-state index contributed by atoms with van der Waals surface area (Å²) < 4.78 is 4.63. The smallest absolute Gasteiger partial charge is 0.325 e. The Morgan fingerprint density at radius 2 is 2.04 bits per heavy atom. The number of hydrogen-bond donors (Lipinski definition) is 1. The SMILES string of the molecule is COC(=O)CN1C(=O)[C@@H]2C[C@@H](O)CN2C2(CN(CC3CC3)C2)C1=O. The molecular formula is C16H23N3O5. The number of aliphatic hydroxyl groups is 1. The van der Waals surface area contributed by atoms with E-state index in [2.05, 4.69) is 9.64 Å². The van der Waals surface area contributed by atoms with Gasteiger partial charge in [0.1, 0.15) is 12.1 Å². The summed E-state index contributed by atoms with van der Waals surface area (Å²) in [6.45, 7) is 2.11. The van der Waals surface area contributed by atoms with Gasteiger partial charge in [0.05, 0.1) is 19.3 Å². The van der Waals surface area contributed by atoms with Crippen molar-refractivity contribution in [3.05, 3.63) is 0 Å². The van der Waals surface area contributed by atoms with Crippen molar-refractivity contribution in [3.8, 4) is 0 Å². The average Bonchev–Trinajstić information content (AvgIpc) is 3.25. The molecule has 0 bridgehead atoms. The number of methoxy groups -OCH3 is 1. The molecule has 0 radical (unpaired) electrons. The zero-order valence-corrected chi connectivity index (χ0v) is 13.8. The lowest BCUT2D eigenvalue weighted by Gasteiger charge is -2.58. The number of hydrogen-bond acceptors (Lipinski definition) is 7. The van der Waals surface area contributed by atoms with Gasteiger partial charge in [0.2, 0.25) is 5.91 Å². The summed E-state index contributed by atoms with van der Waals surface area (Å²) in [6.07, 6.45) is 2.19. The molecule has 4 fully saturated rings. The molecule has 3 heterocycles. The summed E-state index contributed by atoms with van der Waals surface area (Å²) in [4.78, 5) is 42.5. The molecule has 4 aliphatic rings. The van der Waals surface area contributed by atoms with Crippen LogP contribution in [-0.2, 0) is 19.1 Å². The molecular weight excluding hydrogens is 314 g/mol. The highest BCUT2D eigenvalue weighted by atomic mass is 16.5. The maximum absolute atomic E-state index is 13.0. The molecule has 3 saturated heterocycles. The van der Waals surface area contributed by atoms with Gasteiger partial charge in [-0.2, -0.15) is 0 Å². The highest BCUT2D eigenvalue weighted by Crippen LogP contribution is 2.42. The minimum Gasteiger partial charge on any atom is -0.468 e. The van der Waals surface area contributed by atoms with Gasteiger partial charge in [-0.1, -0.05) is 0 Å². The topological polar surface area (TPSA) is 90.4 Å². The lowest BCUT2D eigenvalue weighted by Crippen LogP contribution is -2.81. The number of carbonyl (C=O) groups excluding carboxylic acids is 3. The second-order valence-corrected chi connectivity index (χ2v) is 7.51. The summed E-state index contributed by atoms with van der Waals surface area (Å²) in [7, 11) is 1.24. The summed E-state index contributed by atoms with van der Waals surface area (Å²) in [5, 5.41) is 10.0. The number of fused-ring (bicyclic) bond motifs is 2. The van der Waals surface area contributed by atoms with E-state index in [0.29, 0.717) is 26.1 Å². The Morgan fingerprint density at radius 3 is 2.67 bits per heavy atom. The fraction of sp³-hybridized carbons (Fsp3) is 0.812. The summed E-state index contributed by atoms with van der Waals surface area (Å²) in [5.74, 6) is -0.592. The number of carbonyl (C=O) groups is 3. The van der Waals surface area contributed by atoms with Gasteiger partial charge in [-0.15, -0.1) is 0 Å². The fourth-order valence-electron chi connectivity index (χ4n) is 4.32. The van der Waals surface area contributed by atoms with Crippen LogP contribution >= 0.6 is 0 Å². The number of ether oxygens (including phenoxy) is 1. The summed E-state index contributed by atoms with van der Waals surface area (Å²) in [6, 6.07) is -0.523. The quantitative estimate of drug-likeness (QED) is 0.489. The van der Waals surface area contributed by atoms with Gasteiger partial charge in [0.25, 0.3) is 5.91 Å². The molecule has 0 aromatic heterocycles. The van der Waals surface area contributed by atoms with Gasteiger partial charge in [-0.3, -0.25) is 29.1 Å². The van der Waals surface area contributed by atoms with Crippen LogP contribution in [0.1, 0.15) is 19.3 Å². The number of esters is 1. The number of nitrogens with zero attached hydrogens (tertiary/aromatic N) is 3. The second kappa shape index (κ2) is 5.50. The lowest BCUT2D eigenvalue weighted by atomic mass is 9.82. The predicted octanol–water partition coefficient (Wildman–Crippen LogP) is -1.57. The van der Waals surface area contributed by atoms with E-state index in [-0.39, 0.29) is 12.5 Å². The van der Waals surface area contributed by atoms with Crippen LogP contribution in [0.15, 0.2) is 0 Å². The molecule has 1 aliphatic carbocycles. The van der Waals surface area contributed by atoms with E-state index >= 15 is 0 Å². The maximum atomic E-state index is 13.0. The molecule has 0 aromatic carbocycles. The average molecular weight is 337 g/mol. The predicted molar refractivity (Wildman–Crippen MR) is 81.7 cm³/mol. The molecule has 2 atom stereocenters. The van der Waals surface area contributed by atoms with Crippen molar-refractivity contribution in [1.29, 1.82) is 0 Å². The first kappa shape index (κ1) is 16.0. The zero-order valence-electron chi connectivity index (χ0n) is 13.8. The zero-order chi connectivity index (χ0) is 17.1. The largest absolute Gasteiger partial charge is 0.468 e. The van der Waals surface area contributed by atoms with Crippen LogP contribution in [0.3, 0.4) is 0 Å². The molecule has 4 rings (SSSR count). The monoisotopic (exact) mass is 337 g/mol. The number of β-amino-alcohol motifs (C(OH)–C–C–N with tert-alkyl or cyclic N) is 1. The van der Waals surface area contributed by atoms with Crippen molar-refractivity contribution in [1.82, 2.24) is 14.7 Å². The Morgan fingerprint density at radius 1 is 1.33 bits per heavy atom. The van der Waals surface area contributed by atoms with Crippen LogP contribution in [-0.4, -0.2) is 95.1 Å². The molecule has 0 unspecified atom stereocenters. The number of aliphatic hydroxyl groups excluding tert-OH is 1. The minimum absolute atomic E-state index is 0.314. The Kier molecular flexibility index (Phi) is 3.67. The Hall–Kier alpha value is -1.51. The number of likely N-dealkylation sites (tertiary alicyclic amines) is 1. The molecule has 3 aliphatic heterocycles. The number of imide groups is 1.